The summed E-state index contributed by atoms with van der Waals surface area (Å²) in [6, 6.07) is 0. The maximum Gasteiger partial charge on any atom is 0.303 e. The minimum Gasteiger partial charge on any atom is -0.481 e. The van der Waals surface area contributed by atoms with Crippen LogP contribution in [0.15, 0.2) is 4.47 Å². The lowest BCUT2D eigenvalue weighted by atomic mass is 10.1. The third kappa shape index (κ3) is 3.94. The number of aryl methyl sites for hydroxylation is 2. The second-order valence-corrected chi connectivity index (χ2v) is 7.93. The van der Waals surface area contributed by atoms with Crippen molar-refractivity contribution in [2.75, 3.05) is 5.75 Å². The molecular formula is C14H21BrN2O3S. The first kappa shape index (κ1) is 16.7. The molecule has 0 spiro atoms. The van der Waals surface area contributed by atoms with Gasteiger partial charge in [0.15, 0.2) is 0 Å². The molecular weight excluding hydrogens is 356 g/mol. The van der Waals surface area contributed by atoms with Crippen molar-refractivity contribution in [1.29, 1.82) is 0 Å². The molecule has 1 aromatic rings. The van der Waals surface area contributed by atoms with Gasteiger partial charge in [0.25, 0.3) is 0 Å². The summed E-state index contributed by atoms with van der Waals surface area (Å²) in [7, 11) is -1.06. The zero-order chi connectivity index (χ0) is 15.6. The van der Waals surface area contributed by atoms with E-state index in [1.54, 1.807) is 0 Å². The normalized spacial score (nSPS) is 17.7. The van der Waals surface area contributed by atoms with Crippen LogP contribution in [0.5, 0.6) is 0 Å². The zero-order valence-corrected chi connectivity index (χ0v) is 14.8. The lowest BCUT2D eigenvalue weighted by Crippen LogP contribution is -2.18. The number of carboxylic acids is 1. The molecule has 0 aliphatic heterocycles. The van der Waals surface area contributed by atoms with Crippen LogP contribution in [-0.2, 0) is 34.3 Å². The summed E-state index contributed by atoms with van der Waals surface area (Å²) in [6.07, 6.45) is 2.71. The maximum atomic E-state index is 12.4. The number of hydrogen-bond acceptors (Lipinski definition) is 3. The Balaban J connectivity index is 2.06. The van der Waals surface area contributed by atoms with E-state index in [4.69, 9.17) is 5.11 Å². The van der Waals surface area contributed by atoms with Crippen molar-refractivity contribution < 1.29 is 14.1 Å². The molecule has 1 unspecified atom stereocenters. The number of halogens is 1. The second-order valence-electron chi connectivity index (χ2n) is 5.68. The Kier molecular flexibility index (Phi) is 5.24. The number of nitrogens with zero attached hydrogens (tertiary/aromatic N) is 2. The highest BCUT2D eigenvalue weighted by Gasteiger charge is 2.45. The first-order valence-electron chi connectivity index (χ1n) is 7.21. The van der Waals surface area contributed by atoms with Gasteiger partial charge in [-0.25, -0.2) is 0 Å². The van der Waals surface area contributed by atoms with Crippen LogP contribution in [-0.4, -0.2) is 30.8 Å². The van der Waals surface area contributed by atoms with Gasteiger partial charge in [0, 0.05) is 23.1 Å². The van der Waals surface area contributed by atoms with Gasteiger partial charge in [-0.15, -0.1) is 0 Å². The van der Waals surface area contributed by atoms with E-state index in [1.807, 2.05) is 18.5 Å². The fourth-order valence-electron chi connectivity index (χ4n) is 2.57. The summed E-state index contributed by atoms with van der Waals surface area (Å²) < 4.78 is 15.3. The average Bonchev–Trinajstić information content (AvgIpc) is 3.08. The molecule has 1 fully saturated rings. The Bertz CT molecular complexity index is 567. The van der Waals surface area contributed by atoms with Crippen molar-refractivity contribution in [3.8, 4) is 0 Å². The Hall–Kier alpha value is -0.690. The van der Waals surface area contributed by atoms with E-state index in [2.05, 4.69) is 21.0 Å². The first-order chi connectivity index (χ1) is 9.90. The molecule has 21 heavy (non-hydrogen) atoms. The summed E-state index contributed by atoms with van der Waals surface area (Å²) in [6.45, 7) is 4.80. The van der Waals surface area contributed by atoms with Gasteiger partial charge in [0.2, 0.25) is 0 Å². The second kappa shape index (κ2) is 6.60. The Morgan fingerprint density at radius 3 is 2.62 bits per heavy atom. The molecule has 0 aromatic carbocycles. The monoisotopic (exact) mass is 376 g/mol. The molecule has 0 amide bonds. The van der Waals surface area contributed by atoms with Gasteiger partial charge in [-0.1, -0.05) is 6.92 Å². The largest absolute Gasteiger partial charge is 0.481 e. The standard InChI is InChI=1S/C14H21BrN2O3S/c1-3-10-13(15)11(17(4-2)16-10)8-21(20)9-14(5-6-14)7-12(18)19/h3-9H2,1-2H3,(H,18,19). The summed E-state index contributed by atoms with van der Waals surface area (Å²) in [5.41, 5.74) is 1.71. The number of rotatable bonds is 8. The molecule has 0 bridgehead atoms. The highest BCUT2D eigenvalue weighted by Crippen LogP contribution is 2.49. The molecule has 1 aliphatic rings. The van der Waals surface area contributed by atoms with Crippen LogP contribution in [0.25, 0.3) is 0 Å². The predicted molar refractivity (Wildman–Crippen MR) is 85.6 cm³/mol. The molecule has 1 heterocycles. The average molecular weight is 377 g/mol. The minimum atomic E-state index is -1.06. The van der Waals surface area contributed by atoms with Gasteiger partial charge in [0.05, 0.1) is 28.0 Å². The quantitative estimate of drug-likeness (QED) is 0.756. The molecule has 7 heteroatoms. The molecule has 0 saturated heterocycles. The molecule has 0 radical (unpaired) electrons. The smallest absolute Gasteiger partial charge is 0.303 e. The SMILES string of the molecule is CCc1nn(CC)c(CS(=O)CC2(CC(=O)O)CC2)c1Br. The third-order valence-electron chi connectivity index (χ3n) is 3.94. The Labute approximate surface area is 135 Å². The fraction of sp³-hybridized carbons (Fsp3) is 0.714. The molecule has 118 valence electrons. The number of aromatic nitrogens is 2. The van der Waals surface area contributed by atoms with Crippen molar-refractivity contribution in [3.05, 3.63) is 15.9 Å². The van der Waals surface area contributed by atoms with E-state index in [1.165, 1.54) is 0 Å². The van der Waals surface area contributed by atoms with E-state index in [0.29, 0.717) is 11.5 Å². The van der Waals surface area contributed by atoms with Crippen molar-refractivity contribution >= 4 is 32.7 Å². The van der Waals surface area contributed by atoms with Gasteiger partial charge >= 0.3 is 5.97 Å². The molecule has 1 atom stereocenters. The minimum absolute atomic E-state index is 0.132. The van der Waals surface area contributed by atoms with Crippen molar-refractivity contribution in [2.45, 2.75) is 51.8 Å². The molecule has 5 nitrogen and oxygen atoms in total. The molecule has 1 aliphatic carbocycles. The van der Waals surface area contributed by atoms with Crippen LogP contribution in [0.1, 0.15) is 44.5 Å². The van der Waals surface area contributed by atoms with Gasteiger partial charge in [-0.3, -0.25) is 13.7 Å². The molecule has 1 saturated carbocycles. The number of aliphatic carboxylic acids is 1. The van der Waals surface area contributed by atoms with Gasteiger partial charge < -0.3 is 5.11 Å². The van der Waals surface area contributed by atoms with Crippen molar-refractivity contribution in [3.63, 3.8) is 0 Å². The highest BCUT2D eigenvalue weighted by atomic mass is 79.9. The Morgan fingerprint density at radius 1 is 1.48 bits per heavy atom. The topological polar surface area (TPSA) is 72.2 Å². The zero-order valence-electron chi connectivity index (χ0n) is 12.4. The summed E-state index contributed by atoms with van der Waals surface area (Å²) in [4.78, 5) is 10.9. The number of carboxylic acid groups (broad SMARTS) is 1. The van der Waals surface area contributed by atoms with E-state index >= 15 is 0 Å². The predicted octanol–water partition coefficient (Wildman–Crippen LogP) is 2.73. The van der Waals surface area contributed by atoms with Crippen LogP contribution in [0.4, 0.5) is 0 Å². The van der Waals surface area contributed by atoms with Gasteiger partial charge in [-0.2, -0.15) is 5.10 Å². The molecule has 2 rings (SSSR count). The highest BCUT2D eigenvalue weighted by molar-refractivity contribution is 9.10. The molecule has 1 N–H and O–H groups in total. The van der Waals surface area contributed by atoms with Crippen LogP contribution in [0, 0.1) is 5.41 Å². The summed E-state index contributed by atoms with van der Waals surface area (Å²) >= 11 is 3.56. The van der Waals surface area contributed by atoms with E-state index < -0.39 is 16.8 Å². The van der Waals surface area contributed by atoms with Crippen LogP contribution in [0.3, 0.4) is 0 Å². The first-order valence-corrected chi connectivity index (χ1v) is 9.49. The van der Waals surface area contributed by atoms with Gasteiger partial charge in [0.1, 0.15) is 0 Å². The van der Waals surface area contributed by atoms with Crippen LogP contribution >= 0.6 is 15.9 Å². The van der Waals surface area contributed by atoms with Crippen LogP contribution in [0.2, 0.25) is 0 Å². The van der Waals surface area contributed by atoms with E-state index in [9.17, 15) is 9.00 Å². The van der Waals surface area contributed by atoms with Crippen molar-refractivity contribution in [1.82, 2.24) is 9.78 Å². The van der Waals surface area contributed by atoms with Crippen molar-refractivity contribution in [2.24, 2.45) is 5.41 Å². The fourth-order valence-corrected chi connectivity index (χ4v) is 5.23. The number of hydrogen-bond donors (Lipinski definition) is 1. The third-order valence-corrected chi connectivity index (χ3v) is 6.39. The lowest BCUT2D eigenvalue weighted by Gasteiger charge is -2.12. The Morgan fingerprint density at radius 2 is 2.14 bits per heavy atom. The summed E-state index contributed by atoms with van der Waals surface area (Å²) in [5, 5.41) is 13.4. The van der Waals surface area contributed by atoms with E-state index in [0.717, 1.165) is 41.7 Å². The summed E-state index contributed by atoms with van der Waals surface area (Å²) in [5.74, 6) is 0.114. The molecule has 1 aromatic heterocycles. The number of carbonyl (C=O) groups is 1. The van der Waals surface area contributed by atoms with Gasteiger partial charge in [-0.05, 0) is 47.5 Å². The van der Waals surface area contributed by atoms with E-state index in [-0.39, 0.29) is 11.8 Å². The maximum absolute atomic E-state index is 12.4. The lowest BCUT2D eigenvalue weighted by molar-refractivity contribution is -0.138. The van der Waals surface area contributed by atoms with Crippen LogP contribution < -0.4 is 0 Å².